The molecular formula is C19H17ClN2O3. The van der Waals surface area contributed by atoms with Crippen LogP contribution in [-0.2, 0) is 9.53 Å². The van der Waals surface area contributed by atoms with E-state index in [-0.39, 0.29) is 5.02 Å². The first-order valence-electron chi connectivity index (χ1n) is 7.56. The number of nitrogens with zero attached hydrogens (tertiary/aromatic N) is 1. The molecule has 0 heterocycles. The summed E-state index contributed by atoms with van der Waals surface area (Å²) >= 11 is 5.91. The van der Waals surface area contributed by atoms with Crippen molar-refractivity contribution in [2.45, 2.75) is 20.8 Å². The van der Waals surface area contributed by atoms with Crippen molar-refractivity contribution in [3.8, 4) is 6.07 Å². The number of nitriles is 1. The number of anilines is 1. The molecule has 25 heavy (non-hydrogen) atoms. The van der Waals surface area contributed by atoms with E-state index in [0.29, 0.717) is 16.8 Å². The Hall–Kier alpha value is -2.84. The van der Waals surface area contributed by atoms with Gasteiger partial charge in [0.05, 0.1) is 16.1 Å². The topological polar surface area (TPSA) is 79.2 Å². The molecule has 0 fully saturated rings. The third-order valence-corrected chi connectivity index (χ3v) is 3.90. The highest BCUT2D eigenvalue weighted by atomic mass is 35.5. The smallest absolute Gasteiger partial charge is 0.339 e. The Morgan fingerprint density at radius 2 is 1.80 bits per heavy atom. The molecule has 0 aromatic heterocycles. The fourth-order valence-corrected chi connectivity index (χ4v) is 2.81. The number of rotatable bonds is 4. The first-order valence-corrected chi connectivity index (χ1v) is 7.94. The van der Waals surface area contributed by atoms with Gasteiger partial charge in [-0.25, -0.2) is 4.79 Å². The van der Waals surface area contributed by atoms with E-state index in [1.165, 1.54) is 12.1 Å². The van der Waals surface area contributed by atoms with Gasteiger partial charge in [-0.15, -0.1) is 0 Å². The van der Waals surface area contributed by atoms with Gasteiger partial charge in [0.2, 0.25) is 0 Å². The molecule has 1 amide bonds. The highest BCUT2D eigenvalue weighted by Gasteiger charge is 2.16. The number of amides is 1. The second-order valence-electron chi connectivity index (χ2n) is 5.70. The molecule has 2 aromatic carbocycles. The molecular weight excluding hydrogens is 340 g/mol. The summed E-state index contributed by atoms with van der Waals surface area (Å²) in [6, 6.07) is 10.2. The summed E-state index contributed by atoms with van der Waals surface area (Å²) in [5, 5.41) is 11.6. The van der Waals surface area contributed by atoms with E-state index in [0.717, 1.165) is 16.7 Å². The largest absolute Gasteiger partial charge is 0.452 e. The zero-order valence-electron chi connectivity index (χ0n) is 14.1. The molecule has 0 spiro atoms. The highest BCUT2D eigenvalue weighted by Crippen LogP contribution is 2.20. The van der Waals surface area contributed by atoms with Crippen molar-refractivity contribution < 1.29 is 14.3 Å². The standard InChI is InChI=1S/C19H17ClN2O3/c1-11-6-12(2)18(13(3)7-11)19(24)25-10-17(23)22-15-5-4-14(9-21)16(20)8-15/h4-8H,10H2,1-3H3,(H,22,23). The molecule has 0 saturated carbocycles. The van der Waals surface area contributed by atoms with Crippen LogP contribution in [-0.4, -0.2) is 18.5 Å². The van der Waals surface area contributed by atoms with Crippen LogP contribution in [0.2, 0.25) is 5.02 Å². The van der Waals surface area contributed by atoms with Crippen LogP contribution >= 0.6 is 11.6 Å². The number of hydrogen-bond acceptors (Lipinski definition) is 4. The molecule has 2 rings (SSSR count). The molecule has 1 N–H and O–H groups in total. The Labute approximate surface area is 151 Å². The molecule has 0 aliphatic rings. The third kappa shape index (κ3) is 4.59. The summed E-state index contributed by atoms with van der Waals surface area (Å²) in [6.07, 6.45) is 0. The first kappa shape index (κ1) is 18.5. The van der Waals surface area contributed by atoms with Crippen molar-refractivity contribution in [1.82, 2.24) is 0 Å². The lowest BCUT2D eigenvalue weighted by Crippen LogP contribution is -2.21. The Morgan fingerprint density at radius 1 is 1.16 bits per heavy atom. The minimum atomic E-state index is -0.539. The number of benzene rings is 2. The zero-order chi connectivity index (χ0) is 18.6. The number of hydrogen-bond donors (Lipinski definition) is 1. The van der Waals surface area contributed by atoms with E-state index in [1.807, 2.05) is 39.0 Å². The van der Waals surface area contributed by atoms with Crippen LogP contribution in [0.5, 0.6) is 0 Å². The molecule has 0 radical (unpaired) electrons. The summed E-state index contributed by atoms with van der Waals surface area (Å²) in [5.41, 5.74) is 3.88. The van der Waals surface area contributed by atoms with Gasteiger partial charge in [0, 0.05) is 5.69 Å². The number of aryl methyl sites for hydroxylation is 3. The minimum Gasteiger partial charge on any atom is -0.452 e. The van der Waals surface area contributed by atoms with Crippen molar-refractivity contribution in [2.75, 3.05) is 11.9 Å². The van der Waals surface area contributed by atoms with Crippen molar-refractivity contribution in [3.63, 3.8) is 0 Å². The van der Waals surface area contributed by atoms with Crippen LogP contribution in [0, 0.1) is 32.1 Å². The van der Waals surface area contributed by atoms with Gasteiger partial charge in [-0.3, -0.25) is 4.79 Å². The molecule has 0 saturated heterocycles. The van der Waals surface area contributed by atoms with Crippen molar-refractivity contribution >= 4 is 29.2 Å². The Kier molecular flexibility index (Phi) is 5.79. The van der Waals surface area contributed by atoms with E-state index >= 15 is 0 Å². The van der Waals surface area contributed by atoms with Crippen LogP contribution in [0.15, 0.2) is 30.3 Å². The van der Waals surface area contributed by atoms with Gasteiger partial charge in [-0.2, -0.15) is 5.26 Å². The van der Waals surface area contributed by atoms with E-state index in [9.17, 15) is 9.59 Å². The molecule has 0 aliphatic carbocycles. The predicted octanol–water partition coefficient (Wildman–Crippen LogP) is 3.93. The average molecular weight is 357 g/mol. The maximum absolute atomic E-state index is 12.2. The maximum Gasteiger partial charge on any atom is 0.339 e. The molecule has 5 nitrogen and oxygen atoms in total. The average Bonchev–Trinajstić information content (AvgIpc) is 2.52. The van der Waals surface area contributed by atoms with Gasteiger partial charge < -0.3 is 10.1 Å². The van der Waals surface area contributed by atoms with Crippen LogP contribution in [0.1, 0.15) is 32.6 Å². The van der Waals surface area contributed by atoms with Gasteiger partial charge in [0.15, 0.2) is 6.61 Å². The van der Waals surface area contributed by atoms with Gasteiger partial charge >= 0.3 is 5.97 Å². The number of carbonyl (C=O) groups excluding carboxylic acids is 2. The van der Waals surface area contributed by atoms with Gasteiger partial charge in [-0.1, -0.05) is 29.3 Å². The SMILES string of the molecule is Cc1cc(C)c(C(=O)OCC(=O)Nc2ccc(C#N)c(Cl)c2)c(C)c1. The lowest BCUT2D eigenvalue weighted by Gasteiger charge is -2.11. The number of halogens is 1. The lowest BCUT2D eigenvalue weighted by molar-refractivity contribution is -0.119. The molecule has 0 bridgehead atoms. The summed E-state index contributed by atoms with van der Waals surface area (Å²) in [5.74, 6) is -1.03. The summed E-state index contributed by atoms with van der Waals surface area (Å²) in [7, 11) is 0. The molecule has 0 aliphatic heterocycles. The van der Waals surface area contributed by atoms with Gasteiger partial charge in [0.25, 0.3) is 5.91 Å². The number of ether oxygens (including phenoxy) is 1. The number of esters is 1. The molecule has 0 unspecified atom stereocenters. The van der Waals surface area contributed by atoms with Crippen molar-refractivity contribution in [1.29, 1.82) is 5.26 Å². The second-order valence-corrected chi connectivity index (χ2v) is 6.11. The second kappa shape index (κ2) is 7.82. The summed E-state index contributed by atoms with van der Waals surface area (Å²) < 4.78 is 5.10. The van der Waals surface area contributed by atoms with Crippen LogP contribution in [0.4, 0.5) is 5.69 Å². The van der Waals surface area contributed by atoms with E-state index in [4.69, 9.17) is 21.6 Å². The van der Waals surface area contributed by atoms with Gasteiger partial charge in [0.1, 0.15) is 6.07 Å². The van der Waals surface area contributed by atoms with Crippen molar-refractivity contribution in [3.05, 3.63) is 63.2 Å². The molecule has 128 valence electrons. The Balaban J connectivity index is 2.00. The zero-order valence-corrected chi connectivity index (χ0v) is 14.9. The summed E-state index contributed by atoms with van der Waals surface area (Å²) in [6.45, 7) is 5.19. The Morgan fingerprint density at radius 3 is 2.36 bits per heavy atom. The predicted molar refractivity (Wildman–Crippen MR) is 95.7 cm³/mol. The quantitative estimate of drug-likeness (QED) is 0.842. The van der Waals surface area contributed by atoms with Crippen LogP contribution < -0.4 is 5.32 Å². The normalized spacial score (nSPS) is 10.0. The fourth-order valence-electron chi connectivity index (χ4n) is 2.59. The minimum absolute atomic E-state index is 0.239. The highest BCUT2D eigenvalue weighted by molar-refractivity contribution is 6.32. The van der Waals surface area contributed by atoms with E-state index in [2.05, 4.69) is 5.32 Å². The van der Waals surface area contributed by atoms with Crippen LogP contribution in [0.3, 0.4) is 0 Å². The lowest BCUT2D eigenvalue weighted by atomic mass is 10.00. The fraction of sp³-hybridized carbons (Fsp3) is 0.211. The summed E-state index contributed by atoms with van der Waals surface area (Å²) in [4.78, 5) is 24.2. The molecule has 2 aromatic rings. The maximum atomic E-state index is 12.2. The third-order valence-electron chi connectivity index (χ3n) is 3.59. The van der Waals surface area contributed by atoms with Crippen molar-refractivity contribution in [2.24, 2.45) is 0 Å². The Bertz CT molecular complexity index is 862. The van der Waals surface area contributed by atoms with E-state index in [1.54, 1.807) is 6.07 Å². The number of carbonyl (C=O) groups is 2. The van der Waals surface area contributed by atoms with Crippen LogP contribution in [0.25, 0.3) is 0 Å². The van der Waals surface area contributed by atoms with E-state index < -0.39 is 18.5 Å². The first-order chi connectivity index (χ1) is 11.8. The molecule has 0 atom stereocenters. The van der Waals surface area contributed by atoms with Gasteiger partial charge in [-0.05, 0) is 50.1 Å². The molecule has 6 heteroatoms. The number of nitrogens with one attached hydrogen (secondary N) is 1. The monoisotopic (exact) mass is 356 g/mol.